The Morgan fingerprint density at radius 3 is 2.64 bits per heavy atom. The van der Waals surface area contributed by atoms with Crippen molar-refractivity contribution in [1.82, 2.24) is 0 Å². The van der Waals surface area contributed by atoms with Crippen molar-refractivity contribution in [3.63, 3.8) is 0 Å². The van der Waals surface area contributed by atoms with Crippen LogP contribution < -0.4 is 4.74 Å². The van der Waals surface area contributed by atoms with Gasteiger partial charge in [-0.2, -0.15) is 0 Å². The van der Waals surface area contributed by atoms with Gasteiger partial charge in [-0.25, -0.2) is 0 Å². The fourth-order valence-corrected chi connectivity index (χ4v) is 1.88. The Kier molecular flexibility index (Phi) is 1.95. The summed E-state index contributed by atoms with van der Waals surface area (Å²) in [7, 11) is 0. The van der Waals surface area contributed by atoms with Gasteiger partial charge in [0, 0.05) is 5.56 Å². The predicted octanol–water partition coefficient (Wildman–Crippen LogP) is 2.18. The summed E-state index contributed by atoms with van der Waals surface area (Å²) in [5.41, 5.74) is 5.02. The van der Waals surface area contributed by atoms with Gasteiger partial charge in [-0.3, -0.25) is 0 Å². The molecule has 0 radical (unpaired) electrons. The lowest BCUT2D eigenvalue weighted by molar-refractivity contribution is 0.313. The Labute approximate surface area is 83.0 Å². The van der Waals surface area contributed by atoms with Gasteiger partial charge in [0.1, 0.15) is 18.1 Å². The molecule has 1 aromatic carbocycles. The molecule has 0 fully saturated rings. The van der Waals surface area contributed by atoms with Gasteiger partial charge >= 0.3 is 0 Å². The number of aryl methyl sites for hydroxylation is 2. The Morgan fingerprint density at radius 2 is 2.00 bits per heavy atom. The van der Waals surface area contributed by atoms with E-state index >= 15 is 0 Å². The fraction of sp³-hybridized carbons (Fsp3) is 0.364. The SMILES string of the molecule is Cc1cc(C)c2c(c1C)OC/C2=N\O. The third-order valence-corrected chi connectivity index (χ3v) is 2.75. The second-order valence-corrected chi connectivity index (χ2v) is 3.67. The van der Waals surface area contributed by atoms with E-state index in [9.17, 15) is 0 Å². The molecule has 0 unspecified atom stereocenters. The van der Waals surface area contributed by atoms with E-state index in [4.69, 9.17) is 9.94 Å². The maximum atomic E-state index is 8.81. The number of ether oxygens (including phenoxy) is 1. The molecule has 1 aromatic rings. The molecule has 0 saturated carbocycles. The molecule has 2 rings (SSSR count). The molecule has 0 bridgehead atoms. The molecular weight excluding hydrogens is 178 g/mol. The van der Waals surface area contributed by atoms with Crippen molar-refractivity contribution in [2.24, 2.45) is 5.16 Å². The van der Waals surface area contributed by atoms with Crippen molar-refractivity contribution >= 4 is 5.71 Å². The lowest BCUT2D eigenvalue weighted by Crippen LogP contribution is -2.03. The topological polar surface area (TPSA) is 41.8 Å². The summed E-state index contributed by atoms with van der Waals surface area (Å²) in [6, 6.07) is 2.09. The largest absolute Gasteiger partial charge is 0.486 e. The van der Waals surface area contributed by atoms with Crippen molar-refractivity contribution in [3.05, 3.63) is 28.3 Å². The first kappa shape index (κ1) is 9.06. The summed E-state index contributed by atoms with van der Waals surface area (Å²) in [4.78, 5) is 0. The molecule has 3 nitrogen and oxygen atoms in total. The van der Waals surface area contributed by atoms with E-state index in [0.717, 1.165) is 22.4 Å². The first-order valence-corrected chi connectivity index (χ1v) is 4.60. The quantitative estimate of drug-likeness (QED) is 0.504. The van der Waals surface area contributed by atoms with Gasteiger partial charge in [-0.1, -0.05) is 11.2 Å². The molecule has 74 valence electrons. The van der Waals surface area contributed by atoms with E-state index in [0.29, 0.717) is 12.3 Å². The van der Waals surface area contributed by atoms with Crippen LogP contribution in [-0.4, -0.2) is 17.5 Å². The number of benzene rings is 1. The zero-order valence-electron chi connectivity index (χ0n) is 8.59. The van der Waals surface area contributed by atoms with Gasteiger partial charge in [0.05, 0.1) is 0 Å². The van der Waals surface area contributed by atoms with Gasteiger partial charge in [0.2, 0.25) is 0 Å². The second-order valence-electron chi connectivity index (χ2n) is 3.67. The number of hydrogen-bond donors (Lipinski definition) is 1. The minimum absolute atomic E-state index is 0.372. The number of nitrogens with zero attached hydrogens (tertiary/aromatic N) is 1. The number of oxime groups is 1. The summed E-state index contributed by atoms with van der Waals surface area (Å²) in [6.45, 7) is 6.45. The summed E-state index contributed by atoms with van der Waals surface area (Å²) in [6.07, 6.45) is 0. The normalized spacial score (nSPS) is 16.9. The number of fused-ring (bicyclic) bond motifs is 1. The zero-order valence-corrected chi connectivity index (χ0v) is 8.59. The molecule has 1 N–H and O–H groups in total. The summed E-state index contributed by atoms with van der Waals surface area (Å²) >= 11 is 0. The van der Waals surface area contributed by atoms with Crippen LogP contribution in [0.25, 0.3) is 0 Å². The molecule has 0 atom stereocenters. The standard InChI is InChI=1S/C11H13NO2/c1-6-4-7(2)10-9(12-13)5-14-11(10)8(6)3/h4,13H,5H2,1-3H3/b12-9+. The zero-order chi connectivity index (χ0) is 10.3. The van der Waals surface area contributed by atoms with Crippen molar-refractivity contribution in [2.45, 2.75) is 20.8 Å². The summed E-state index contributed by atoms with van der Waals surface area (Å²) in [5.74, 6) is 0.871. The average Bonchev–Trinajstić information content (AvgIpc) is 2.58. The van der Waals surface area contributed by atoms with E-state index < -0.39 is 0 Å². The smallest absolute Gasteiger partial charge is 0.134 e. The van der Waals surface area contributed by atoms with Crippen molar-refractivity contribution < 1.29 is 9.94 Å². The Balaban J connectivity index is 2.73. The van der Waals surface area contributed by atoms with Crippen molar-refractivity contribution in [3.8, 4) is 5.75 Å². The first-order chi connectivity index (χ1) is 6.65. The van der Waals surface area contributed by atoms with Gasteiger partial charge in [0.25, 0.3) is 0 Å². The molecule has 0 aromatic heterocycles. The van der Waals surface area contributed by atoms with Crippen LogP contribution in [0, 0.1) is 20.8 Å². The minimum atomic E-state index is 0.372. The highest BCUT2D eigenvalue weighted by Gasteiger charge is 2.24. The highest BCUT2D eigenvalue weighted by atomic mass is 16.5. The van der Waals surface area contributed by atoms with E-state index in [-0.39, 0.29) is 0 Å². The van der Waals surface area contributed by atoms with E-state index in [1.54, 1.807) is 0 Å². The number of hydrogen-bond acceptors (Lipinski definition) is 3. The lowest BCUT2D eigenvalue weighted by Gasteiger charge is -2.08. The highest BCUT2D eigenvalue weighted by Crippen LogP contribution is 2.34. The molecule has 0 saturated heterocycles. The van der Waals surface area contributed by atoms with Crippen LogP contribution in [0.2, 0.25) is 0 Å². The molecule has 1 aliphatic heterocycles. The van der Waals surface area contributed by atoms with Gasteiger partial charge < -0.3 is 9.94 Å². The fourth-order valence-electron chi connectivity index (χ4n) is 1.88. The Morgan fingerprint density at radius 1 is 1.29 bits per heavy atom. The van der Waals surface area contributed by atoms with Crippen LogP contribution >= 0.6 is 0 Å². The third-order valence-electron chi connectivity index (χ3n) is 2.75. The first-order valence-electron chi connectivity index (χ1n) is 4.60. The maximum absolute atomic E-state index is 8.81. The average molecular weight is 191 g/mol. The molecule has 1 aliphatic rings. The van der Waals surface area contributed by atoms with Crippen LogP contribution in [0.3, 0.4) is 0 Å². The minimum Gasteiger partial charge on any atom is -0.486 e. The van der Waals surface area contributed by atoms with Crippen LogP contribution in [-0.2, 0) is 0 Å². The molecule has 0 spiro atoms. The molecule has 1 heterocycles. The van der Waals surface area contributed by atoms with Crippen LogP contribution in [0.15, 0.2) is 11.2 Å². The third kappa shape index (κ3) is 1.09. The summed E-state index contributed by atoms with van der Waals surface area (Å²) in [5, 5.41) is 12.1. The van der Waals surface area contributed by atoms with Gasteiger partial charge in [-0.15, -0.1) is 0 Å². The Hall–Kier alpha value is -1.51. The van der Waals surface area contributed by atoms with Crippen LogP contribution in [0.1, 0.15) is 22.3 Å². The second kappa shape index (κ2) is 3.01. The molecule has 0 aliphatic carbocycles. The lowest BCUT2D eigenvalue weighted by atomic mass is 9.98. The molecular formula is C11H13NO2. The van der Waals surface area contributed by atoms with Crippen molar-refractivity contribution in [1.29, 1.82) is 0 Å². The van der Waals surface area contributed by atoms with E-state index in [1.165, 1.54) is 5.56 Å². The predicted molar refractivity (Wildman–Crippen MR) is 54.5 cm³/mol. The Bertz CT molecular complexity index is 422. The number of rotatable bonds is 0. The van der Waals surface area contributed by atoms with Crippen LogP contribution in [0.5, 0.6) is 5.75 Å². The molecule has 3 heteroatoms. The van der Waals surface area contributed by atoms with Gasteiger partial charge in [-0.05, 0) is 37.5 Å². The molecule has 0 amide bonds. The highest BCUT2D eigenvalue weighted by molar-refractivity contribution is 6.07. The molecule has 14 heavy (non-hydrogen) atoms. The summed E-state index contributed by atoms with van der Waals surface area (Å²) < 4.78 is 5.50. The van der Waals surface area contributed by atoms with E-state index in [2.05, 4.69) is 18.1 Å². The maximum Gasteiger partial charge on any atom is 0.134 e. The van der Waals surface area contributed by atoms with E-state index in [1.807, 2.05) is 13.8 Å². The van der Waals surface area contributed by atoms with Crippen LogP contribution in [0.4, 0.5) is 0 Å². The van der Waals surface area contributed by atoms with Crippen molar-refractivity contribution in [2.75, 3.05) is 6.61 Å². The monoisotopic (exact) mass is 191 g/mol. The van der Waals surface area contributed by atoms with Gasteiger partial charge in [0.15, 0.2) is 0 Å².